The molecule has 0 unspecified atom stereocenters. The Kier molecular flexibility index (Phi) is 6.33. The van der Waals surface area contributed by atoms with Crippen molar-refractivity contribution in [1.82, 2.24) is 4.98 Å². The topological polar surface area (TPSA) is 59.1 Å². The first-order valence-electron chi connectivity index (χ1n) is 8.48. The number of carbonyl (C=O) groups is 2. The summed E-state index contributed by atoms with van der Waals surface area (Å²) in [5.74, 6) is -0.302. The predicted molar refractivity (Wildman–Crippen MR) is 105 cm³/mol. The van der Waals surface area contributed by atoms with Crippen LogP contribution in [0.5, 0.6) is 0 Å². The average Bonchev–Trinajstić information content (AvgIpc) is 2.72. The summed E-state index contributed by atoms with van der Waals surface area (Å²) in [5.41, 5.74) is 0.0307. The minimum atomic E-state index is -4.49. The lowest BCUT2D eigenvalue weighted by molar-refractivity contribution is -0.137. The number of pyridine rings is 1. The Labute approximate surface area is 169 Å². The molecule has 0 spiro atoms. The van der Waals surface area contributed by atoms with Crippen LogP contribution in [-0.2, 0) is 6.18 Å². The second-order valence-electron chi connectivity index (χ2n) is 5.99. The number of hydrogen-bond acceptors (Lipinski definition) is 4. The summed E-state index contributed by atoms with van der Waals surface area (Å²) in [6.07, 6.45) is -3.82. The first kappa shape index (κ1) is 20.6. The van der Waals surface area contributed by atoms with Gasteiger partial charge in [0.2, 0.25) is 0 Å². The second-order valence-corrected chi connectivity index (χ2v) is 7.04. The SMILES string of the molecule is O=C(CSc1cccc(C(=O)Nc2ccc(C(F)(F)F)cn2)c1)c1ccccc1. The molecule has 0 aliphatic heterocycles. The number of hydrogen-bond donors (Lipinski definition) is 1. The Balaban J connectivity index is 1.62. The van der Waals surface area contributed by atoms with Crippen molar-refractivity contribution in [3.8, 4) is 0 Å². The largest absolute Gasteiger partial charge is 0.417 e. The minimum absolute atomic E-state index is 0.0142. The fourth-order valence-electron chi connectivity index (χ4n) is 2.41. The van der Waals surface area contributed by atoms with Gasteiger partial charge in [-0.05, 0) is 30.3 Å². The number of Topliss-reactive ketones (excluding diaryl/α,β-unsaturated/α-hetero) is 1. The highest BCUT2D eigenvalue weighted by Crippen LogP contribution is 2.29. The fourth-order valence-corrected chi connectivity index (χ4v) is 3.26. The van der Waals surface area contributed by atoms with Gasteiger partial charge in [-0.1, -0.05) is 36.4 Å². The van der Waals surface area contributed by atoms with Gasteiger partial charge in [-0.2, -0.15) is 13.2 Å². The Morgan fingerprint density at radius 3 is 2.31 bits per heavy atom. The van der Waals surface area contributed by atoms with E-state index in [1.807, 2.05) is 6.07 Å². The Hall–Kier alpha value is -3.13. The molecule has 0 bridgehead atoms. The number of halogens is 3. The van der Waals surface area contributed by atoms with Crippen LogP contribution >= 0.6 is 11.8 Å². The molecule has 8 heteroatoms. The van der Waals surface area contributed by atoms with Crippen LogP contribution in [0.3, 0.4) is 0 Å². The number of alkyl halides is 3. The van der Waals surface area contributed by atoms with Crippen LogP contribution in [-0.4, -0.2) is 22.4 Å². The highest BCUT2D eigenvalue weighted by Gasteiger charge is 2.30. The van der Waals surface area contributed by atoms with Crippen molar-refractivity contribution in [2.24, 2.45) is 0 Å². The molecule has 0 fully saturated rings. The van der Waals surface area contributed by atoms with Gasteiger partial charge in [0.05, 0.1) is 11.3 Å². The predicted octanol–water partition coefficient (Wildman–Crippen LogP) is 5.33. The number of nitrogens with one attached hydrogen (secondary N) is 1. The number of aromatic nitrogens is 1. The average molecular weight is 416 g/mol. The van der Waals surface area contributed by atoms with Gasteiger partial charge < -0.3 is 5.32 Å². The monoisotopic (exact) mass is 416 g/mol. The molecule has 29 heavy (non-hydrogen) atoms. The van der Waals surface area contributed by atoms with E-state index in [1.54, 1.807) is 48.5 Å². The number of thioether (sulfide) groups is 1. The molecule has 3 aromatic rings. The lowest BCUT2D eigenvalue weighted by Gasteiger charge is -2.09. The van der Waals surface area contributed by atoms with E-state index < -0.39 is 17.6 Å². The zero-order valence-corrected chi connectivity index (χ0v) is 15.8. The van der Waals surface area contributed by atoms with Gasteiger partial charge in [0.25, 0.3) is 5.91 Å². The lowest BCUT2D eigenvalue weighted by Crippen LogP contribution is -2.14. The second kappa shape index (κ2) is 8.91. The van der Waals surface area contributed by atoms with Crippen LogP contribution in [0.15, 0.2) is 77.8 Å². The molecule has 1 aromatic heterocycles. The zero-order valence-electron chi connectivity index (χ0n) is 14.9. The van der Waals surface area contributed by atoms with Gasteiger partial charge in [0.15, 0.2) is 5.78 Å². The van der Waals surface area contributed by atoms with E-state index in [0.29, 0.717) is 17.3 Å². The van der Waals surface area contributed by atoms with E-state index in [2.05, 4.69) is 10.3 Å². The van der Waals surface area contributed by atoms with Crippen LogP contribution < -0.4 is 5.32 Å². The Morgan fingerprint density at radius 2 is 1.66 bits per heavy atom. The maximum atomic E-state index is 12.6. The van der Waals surface area contributed by atoms with E-state index in [4.69, 9.17) is 0 Å². The summed E-state index contributed by atoms with van der Waals surface area (Å²) >= 11 is 1.30. The van der Waals surface area contributed by atoms with Crippen molar-refractivity contribution < 1.29 is 22.8 Å². The molecule has 0 aliphatic rings. The number of rotatable bonds is 6. The molecule has 4 nitrogen and oxygen atoms in total. The molecule has 1 N–H and O–H groups in total. The van der Waals surface area contributed by atoms with Gasteiger partial charge in [-0.3, -0.25) is 9.59 Å². The molecule has 0 saturated carbocycles. The highest BCUT2D eigenvalue weighted by atomic mass is 32.2. The zero-order chi connectivity index (χ0) is 20.9. The van der Waals surface area contributed by atoms with Crippen LogP contribution in [0.1, 0.15) is 26.3 Å². The van der Waals surface area contributed by atoms with E-state index in [0.717, 1.165) is 17.0 Å². The Bertz CT molecular complexity index is 1010. The van der Waals surface area contributed by atoms with Crippen molar-refractivity contribution in [2.45, 2.75) is 11.1 Å². The van der Waals surface area contributed by atoms with Gasteiger partial charge in [-0.25, -0.2) is 4.98 Å². The third kappa shape index (κ3) is 5.68. The summed E-state index contributed by atoms with van der Waals surface area (Å²) in [6.45, 7) is 0. The first-order valence-corrected chi connectivity index (χ1v) is 9.47. The van der Waals surface area contributed by atoms with Crippen LogP contribution in [0, 0.1) is 0 Å². The molecule has 0 saturated heterocycles. The van der Waals surface area contributed by atoms with Crippen molar-refractivity contribution in [3.63, 3.8) is 0 Å². The molecular weight excluding hydrogens is 401 g/mol. The van der Waals surface area contributed by atoms with E-state index in [9.17, 15) is 22.8 Å². The normalized spacial score (nSPS) is 11.1. The number of benzene rings is 2. The van der Waals surface area contributed by atoms with Crippen molar-refractivity contribution >= 4 is 29.3 Å². The summed E-state index contributed by atoms with van der Waals surface area (Å²) in [4.78, 5) is 28.9. The quantitative estimate of drug-likeness (QED) is 0.436. The van der Waals surface area contributed by atoms with Gasteiger partial charge in [0, 0.05) is 22.2 Å². The molecule has 0 atom stereocenters. The van der Waals surface area contributed by atoms with Crippen molar-refractivity contribution in [2.75, 3.05) is 11.1 Å². The van der Waals surface area contributed by atoms with E-state index in [1.165, 1.54) is 11.8 Å². The maximum absolute atomic E-state index is 12.6. The third-order valence-electron chi connectivity index (χ3n) is 3.89. The van der Waals surface area contributed by atoms with Crippen molar-refractivity contribution in [3.05, 3.63) is 89.6 Å². The highest BCUT2D eigenvalue weighted by molar-refractivity contribution is 8.00. The van der Waals surface area contributed by atoms with E-state index >= 15 is 0 Å². The number of ketones is 1. The molecule has 2 aromatic carbocycles. The molecule has 0 aliphatic carbocycles. The first-order chi connectivity index (χ1) is 13.8. The number of amides is 1. The summed E-state index contributed by atoms with van der Waals surface area (Å²) in [7, 11) is 0. The Morgan fingerprint density at radius 1 is 0.931 bits per heavy atom. The molecule has 0 radical (unpaired) electrons. The molecule has 1 heterocycles. The smallest absolute Gasteiger partial charge is 0.307 e. The molecule has 3 rings (SSSR count). The lowest BCUT2D eigenvalue weighted by atomic mass is 10.2. The van der Waals surface area contributed by atoms with Crippen molar-refractivity contribution in [1.29, 1.82) is 0 Å². The van der Waals surface area contributed by atoms with Gasteiger partial charge in [0.1, 0.15) is 5.82 Å². The molecule has 1 amide bonds. The molecular formula is C21H15F3N2O2S. The number of carbonyl (C=O) groups excluding carboxylic acids is 2. The third-order valence-corrected chi connectivity index (χ3v) is 4.89. The summed E-state index contributed by atoms with van der Waals surface area (Å²) < 4.78 is 37.7. The number of anilines is 1. The maximum Gasteiger partial charge on any atom is 0.417 e. The number of nitrogens with zero attached hydrogens (tertiary/aromatic N) is 1. The standard InChI is InChI=1S/C21H15F3N2O2S/c22-21(23,24)16-9-10-19(25-12-16)26-20(28)15-7-4-8-17(11-15)29-13-18(27)14-5-2-1-3-6-14/h1-12H,13H2,(H,25,26,28). The van der Waals surface area contributed by atoms with Crippen LogP contribution in [0.4, 0.5) is 19.0 Å². The fraction of sp³-hybridized carbons (Fsp3) is 0.0952. The van der Waals surface area contributed by atoms with Crippen LogP contribution in [0.25, 0.3) is 0 Å². The van der Waals surface area contributed by atoms with Gasteiger partial charge >= 0.3 is 6.18 Å². The minimum Gasteiger partial charge on any atom is -0.307 e. The summed E-state index contributed by atoms with van der Waals surface area (Å²) in [6, 6.07) is 17.5. The van der Waals surface area contributed by atoms with Crippen LogP contribution in [0.2, 0.25) is 0 Å². The summed E-state index contributed by atoms with van der Waals surface area (Å²) in [5, 5.41) is 2.46. The molecule has 148 valence electrons. The van der Waals surface area contributed by atoms with E-state index in [-0.39, 0.29) is 17.4 Å². The van der Waals surface area contributed by atoms with Gasteiger partial charge in [-0.15, -0.1) is 11.8 Å².